The second-order valence-corrected chi connectivity index (χ2v) is 6.41. The number of amides is 2. The number of nitrogens with zero attached hydrogens (tertiary/aromatic N) is 2. The van der Waals surface area contributed by atoms with Crippen molar-refractivity contribution in [3.8, 4) is 0 Å². The second kappa shape index (κ2) is 5.67. The zero-order valence-corrected chi connectivity index (χ0v) is 14.6. The standard InChI is InChI=1S/C20H15ClN2O2/c1-3-13-11(2)22-17-9-8-12(10-16(17)18(13)21)23-19(24)14-6-4-5-7-15(14)20(23)25/h4-10H,3H2,1-2H3. The van der Waals surface area contributed by atoms with Crippen LogP contribution < -0.4 is 4.90 Å². The maximum absolute atomic E-state index is 12.7. The summed E-state index contributed by atoms with van der Waals surface area (Å²) in [5.41, 5.74) is 3.99. The van der Waals surface area contributed by atoms with Crippen molar-refractivity contribution in [1.29, 1.82) is 0 Å². The maximum Gasteiger partial charge on any atom is 0.266 e. The topological polar surface area (TPSA) is 50.3 Å². The van der Waals surface area contributed by atoms with Crippen LogP contribution in [0.1, 0.15) is 38.9 Å². The number of rotatable bonds is 2. The first-order valence-corrected chi connectivity index (χ1v) is 8.47. The van der Waals surface area contributed by atoms with Crippen LogP contribution in [0.5, 0.6) is 0 Å². The van der Waals surface area contributed by atoms with E-state index in [0.29, 0.717) is 21.8 Å². The van der Waals surface area contributed by atoms with Crippen molar-refractivity contribution in [2.75, 3.05) is 4.90 Å². The van der Waals surface area contributed by atoms with Crippen LogP contribution in [-0.2, 0) is 6.42 Å². The number of imide groups is 1. The third-order valence-electron chi connectivity index (χ3n) is 4.61. The predicted molar refractivity (Wildman–Crippen MR) is 98.5 cm³/mol. The van der Waals surface area contributed by atoms with Crippen molar-refractivity contribution in [2.45, 2.75) is 20.3 Å². The van der Waals surface area contributed by atoms with Gasteiger partial charge in [0.2, 0.25) is 0 Å². The molecule has 124 valence electrons. The van der Waals surface area contributed by atoms with Gasteiger partial charge in [-0.15, -0.1) is 0 Å². The number of fused-ring (bicyclic) bond motifs is 2. The molecule has 0 unspecified atom stereocenters. The number of carbonyl (C=O) groups is 2. The van der Waals surface area contributed by atoms with E-state index in [1.165, 1.54) is 4.90 Å². The summed E-state index contributed by atoms with van der Waals surface area (Å²) in [6.07, 6.45) is 0.769. The first kappa shape index (κ1) is 15.8. The van der Waals surface area contributed by atoms with Gasteiger partial charge in [0.1, 0.15) is 0 Å². The summed E-state index contributed by atoms with van der Waals surface area (Å²) >= 11 is 6.56. The van der Waals surface area contributed by atoms with Gasteiger partial charge in [-0.1, -0.05) is 30.7 Å². The Balaban J connectivity index is 1.89. The van der Waals surface area contributed by atoms with Crippen LogP contribution >= 0.6 is 11.6 Å². The Kier molecular flexibility index (Phi) is 3.58. The first-order valence-electron chi connectivity index (χ1n) is 8.09. The number of benzene rings is 2. The minimum Gasteiger partial charge on any atom is -0.268 e. The molecule has 1 aliphatic rings. The van der Waals surface area contributed by atoms with Crippen LogP contribution in [-0.4, -0.2) is 16.8 Å². The third kappa shape index (κ3) is 2.25. The van der Waals surface area contributed by atoms with E-state index in [1.54, 1.807) is 42.5 Å². The van der Waals surface area contributed by atoms with Crippen LogP contribution in [0.4, 0.5) is 5.69 Å². The van der Waals surface area contributed by atoms with Crippen LogP contribution in [0.15, 0.2) is 42.5 Å². The van der Waals surface area contributed by atoms with Gasteiger partial charge in [-0.3, -0.25) is 14.6 Å². The Morgan fingerprint density at radius 3 is 2.28 bits per heavy atom. The average molecular weight is 351 g/mol. The number of carbonyl (C=O) groups excluding carboxylic acids is 2. The van der Waals surface area contributed by atoms with Crippen LogP contribution in [0, 0.1) is 6.92 Å². The quantitative estimate of drug-likeness (QED) is 0.636. The summed E-state index contributed by atoms with van der Waals surface area (Å²) in [5.74, 6) is -0.626. The lowest BCUT2D eigenvalue weighted by Gasteiger charge is -2.16. The summed E-state index contributed by atoms with van der Waals surface area (Å²) in [7, 11) is 0. The van der Waals surface area contributed by atoms with Crippen molar-refractivity contribution in [3.63, 3.8) is 0 Å². The summed E-state index contributed by atoms with van der Waals surface area (Å²) in [4.78, 5) is 31.1. The fourth-order valence-electron chi connectivity index (χ4n) is 3.34. The van der Waals surface area contributed by atoms with Gasteiger partial charge in [0.25, 0.3) is 11.8 Å². The lowest BCUT2D eigenvalue weighted by Crippen LogP contribution is -2.29. The molecule has 0 saturated carbocycles. The summed E-state index contributed by atoms with van der Waals surface area (Å²) < 4.78 is 0. The molecule has 2 amide bonds. The fraction of sp³-hybridized carbons (Fsp3) is 0.150. The highest BCUT2D eigenvalue weighted by atomic mass is 35.5. The smallest absolute Gasteiger partial charge is 0.266 e. The van der Waals surface area contributed by atoms with E-state index in [0.717, 1.165) is 28.6 Å². The largest absolute Gasteiger partial charge is 0.268 e. The number of hydrogen-bond donors (Lipinski definition) is 0. The molecule has 1 aliphatic heterocycles. The number of pyridine rings is 1. The van der Waals surface area contributed by atoms with Gasteiger partial charge in [-0.05, 0) is 49.2 Å². The van der Waals surface area contributed by atoms with E-state index in [1.807, 2.05) is 13.8 Å². The van der Waals surface area contributed by atoms with Gasteiger partial charge < -0.3 is 0 Å². The first-order chi connectivity index (χ1) is 12.0. The third-order valence-corrected chi connectivity index (χ3v) is 5.04. The van der Waals surface area contributed by atoms with Crippen LogP contribution in [0.2, 0.25) is 5.02 Å². The molecular weight excluding hydrogens is 336 g/mol. The number of anilines is 1. The molecule has 0 bridgehead atoms. The second-order valence-electron chi connectivity index (χ2n) is 6.04. The monoisotopic (exact) mass is 350 g/mol. The van der Waals surface area contributed by atoms with Crippen molar-refractivity contribution < 1.29 is 9.59 Å². The van der Waals surface area contributed by atoms with Crippen LogP contribution in [0.25, 0.3) is 10.9 Å². The van der Waals surface area contributed by atoms with E-state index >= 15 is 0 Å². The molecule has 4 rings (SSSR count). The van der Waals surface area contributed by atoms with E-state index in [9.17, 15) is 9.59 Å². The molecule has 0 aliphatic carbocycles. The molecule has 3 aromatic rings. The lowest BCUT2D eigenvalue weighted by atomic mass is 10.1. The minimum absolute atomic E-state index is 0.313. The molecule has 0 radical (unpaired) electrons. The Morgan fingerprint density at radius 1 is 1.04 bits per heavy atom. The molecule has 4 nitrogen and oxygen atoms in total. The van der Waals surface area contributed by atoms with Crippen molar-refractivity contribution >= 4 is 40.0 Å². The van der Waals surface area contributed by atoms with E-state index in [4.69, 9.17) is 11.6 Å². The molecule has 0 N–H and O–H groups in total. The fourth-order valence-corrected chi connectivity index (χ4v) is 3.76. The molecule has 2 heterocycles. The average Bonchev–Trinajstić information content (AvgIpc) is 2.87. The molecule has 0 spiro atoms. The van der Waals surface area contributed by atoms with Crippen LogP contribution in [0.3, 0.4) is 0 Å². The summed E-state index contributed by atoms with van der Waals surface area (Å²) in [6, 6.07) is 12.2. The normalized spacial score (nSPS) is 13.6. The summed E-state index contributed by atoms with van der Waals surface area (Å²) in [6.45, 7) is 3.96. The molecule has 2 aromatic carbocycles. The Morgan fingerprint density at radius 2 is 1.68 bits per heavy atom. The predicted octanol–water partition coefficient (Wildman–Crippen LogP) is 4.56. The van der Waals surface area contributed by atoms with E-state index < -0.39 is 0 Å². The van der Waals surface area contributed by atoms with Crippen molar-refractivity contribution in [2.24, 2.45) is 0 Å². The van der Waals surface area contributed by atoms with Crippen molar-refractivity contribution in [1.82, 2.24) is 4.98 Å². The van der Waals surface area contributed by atoms with Gasteiger partial charge in [0.15, 0.2) is 0 Å². The Labute approximate surface area is 150 Å². The Bertz CT molecular complexity index is 1020. The SMILES string of the molecule is CCc1c(C)nc2ccc(N3C(=O)c4ccccc4C3=O)cc2c1Cl. The minimum atomic E-state index is -0.313. The van der Waals surface area contributed by atoms with E-state index in [-0.39, 0.29) is 11.8 Å². The highest BCUT2D eigenvalue weighted by Gasteiger charge is 2.36. The van der Waals surface area contributed by atoms with Gasteiger partial charge in [-0.2, -0.15) is 0 Å². The molecule has 0 atom stereocenters. The molecule has 0 saturated heterocycles. The highest BCUT2D eigenvalue weighted by Crippen LogP contribution is 2.34. The molecule has 0 fully saturated rings. The Hall–Kier alpha value is -2.72. The van der Waals surface area contributed by atoms with Gasteiger partial charge in [-0.25, -0.2) is 4.90 Å². The summed E-state index contributed by atoms with van der Waals surface area (Å²) in [5, 5.41) is 1.38. The lowest BCUT2D eigenvalue weighted by molar-refractivity contribution is 0.0926. The van der Waals surface area contributed by atoms with Gasteiger partial charge >= 0.3 is 0 Å². The molecular formula is C20H15ClN2O2. The zero-order valence-electron chi connectivity index (χ0n) is 13.8. The van der Waals surface area contributed by atoms with Gasteiger partial charge in [0.05, 0.1) is 27.4 Å². The van der Waals surface area contributed by atoms with E-state index in [2.05, 4.69) is 4.98 Å². The number of halogens is 1. The number of hydrogen-bond acceptors (Lipinski definition) is 3. The highest BCUT2D eigenvalue weighted by molar-refractivity contribution is 6.37. The number of aryl methyl sites for hydroxylation is 1. The van der Waals surface area contributed by atoms with Gasteiger partial charge in [0, 0.05) is 11.1 Å². The molecule has 5 heteroatoms. The van der Waals surface area contributed by atoms with Crippen molar-refractivity contribution in [3.05, 3.63) is 69.9 Å². The maximum atomic E-state index is 12.7. The number of aromatic nitrogens is 1. The molecule has 25 heavy (non-hydrogen) atoms. The molecule has 1 aromatic heterocycles. The zero-order chi connectivity index (χ0) is 17.7.